The van der Waals surface area contributed by atoms with Crippen LogP contribution in [0.4, 0.5) is 18.9 Å². The lowest BCUT2D eigenvalue weighted by atomic mass is 10.1. The lowest BCUT2D eigenvalue weighted by Crippen LogP contribution is -2.09. The number of carbonyl (C=O) groups is 1. The maximum Gasteiger partial charge on any atom is 0.416 e. The Balaban J connectivity index is 2.11. The van der Waals surface area contributed by atoms with Crippen LogP contribution in [0.2, 0.25) is 0 Å². The third-order valence-electron chi connectivity index (χ3n) is 3.50. The number of hydrogen-bond acceptors (Lipinski definition) is 1. The molecule has 0 saturated carbocycles. The molecule has 2 nitrogen and oxygen atoms in total. The second kappa shape index (κ2) is 6.69. The summed E-state index contributed by atoms with van der Waals surface area (Å²) in [5.41, 5.74) is 2.26. The molecule has 1 amide bonds. The smallest absolute Gasteiger partial charge is 0.322 e. The monoisotopic (exact) mass is 319 g/mol. The summed E-state index contributed by atoms with van der Waals surface area (Å²) in [7, 11) is 0. The van der Waals surface area contributed by atoms with Gasteiger partial charge in [0.25, 0.3) is 0 Å². The third-order valence-corrected chi connectivity index (χ3v) is 3.50. The minimum atomic E-state index is -4.40. The first kappa shape index (κ1) is 16.8. The molecule has 2 aromatic carbocycles. The minimum Gasteiger partial charge on any atom is -0.322 e. The number of aryl methyl sites for hydroxylation is 1. The molecule has 0 aromatic heterocycles. The summed E-state index contributed by atoms with van der Waals surface area (Å²) in [5.74, 6) is -0.392. The highest BCUT2D eigenvalue weighted by atomic mass is 19.4. The van der Waals surface area contributed by atoms with Crippen LogP contribution in [0, 0.1) is 13.8 Å². The zero-order valence-corrected chi connectivity index (χ0v) is 12.7. The van der Waals surface area contributed by atoms with Gasteiger partial charge in [0, 0.05) is 11.8 Å². The molecule has 0 aliphatic carbocycles. The summed E-state index contributed by atoms with van der Waals surface area (Å²) in [6, 6.07) is 10.4. The van der Waals surface area contributed by atoms with Gasteiger partial charge in [-0.05, 0) is 54.8 Å². The van der Waals surface area contributed by atoms with Gasteiger partial charge in [0.05, 0.1) is 5.56 Å². The van der Waals surface area contributed by atoms with E-state index in [4.69, 9.17) is 0 Å². The minimum absolute atomic E-state index is 0.316. The Hall–Kier alpha value is -2.56. The highest BCUT2D eigenvalue weighted by Gasteiger charge is 2.30. The molecule has 1 N–H and O–H groups in total. The van der Waals surface area contributed by atoms with E-state index in [2.05, 4.69) is 5.32 Å². The standard InChI is InChI=1S/C18H16F3NO/c1-12-5-3-8-16(13(12)2)22-17(23)10-9-14-6-4-7-15(11-14)18(19,20)21/h3-11H,1-2H3,(H,22,23)/b10-9+. The Morgan fingerprint density at radius 3 is 2.48 bits per heavy atom. The summed E-state index contributed by atoms with van der Waals surface area (Å²) in [6.45, 7) is 3.82. The maximum atomic E-state index is 12.6. The van der Waals surface area contributed by atoms with Crippen molar-refractivity contribution < 1.29 is 18.0 Å². The Kier molecular flexibility index (Phi) is 4.89. The molecule has 0 unspecified atom stereocenters. The number of carbonyl (C=O) groups excluding carboxylic acids is 1. The Morgan fingerprint density at radius 2 is 1.78 bits per heavy atom. The highest BCUT2D eigenvalue weighted by Crippen LogP contribution is 2.29. The van der Waals surface area contributed by atoms with E-state index in [1.54, 1.807) is 6.07 Å². The van der Waals surface area contributed by atoms with Crippen LogP contribution in [0.15, 0.2) is 48.5 Å². The van der Waals surface area contributed by atoms with Crippen LogP contribution in [0.25, 0.3) is 6.08 Å². The zero-order valence-electron chi connectivity index (χ0n) is 12.7. The van der Waals surface area contributed by atoms with Gasteiger partial charge in [-0.25, -0.2) is 0 Å². The second-order valence-electron chi connectivity index (χ2n) is 5.19. The number of benzene rings is 2. The molecule has 0 aliphatic rings. The topological polar surface area (TPSA) is 29.1 Å². The first-order valence-corrected chi connectivity index (χ1v) is 7.00. The molecule has 120 valence electrons. The van der Waals surface area contributed by atoms with Crippen molar-refractivity contribution in [3.8, 4) is 0 Å². The van der Waals surface area contributed by atoms with E-state index in [9.17, 15) is 18.0 Å². The van der Waals surface area contributed by atoms with Crippen LogP contribution < -0.4 is 5.32 Å². The molecule has 5 heteroatoms. The van der Waals surface area contributed by atoms with Crippen LogP contribution in [0.3, 0.4) is 0 Å². The summed E-state index contributed by atoms with van der Waals surface area (Å²) in [4.78, 5) is 11.9. The molecule has 0 heterocycles. The molecule has 0 atom stereocenters. The quantitative estimate of drug-likeness (QED) is 0.795. The van der Waals surface area contributed by atoms with Gasteiger partial charge in [-0.1, -0.05) is 24.3 Å². The van der Waals surface area contributed by atoms with Crippen molar-refractivity contribution >= 4 is 17.7 Å². The Morgan fingerprint density at radius 1 is 1.09 bits per heavy atom. The predicted octanol–water partition coefficient (Wildman–Crippen LogP) is 4.97. The fourth-order valence-electron chi connectivity index (χ4n) is 2.05. The predicted molar refractivity (Wildman–Crippen MR) is 85.0 cm³/mol. The van der Waals surface area contributed by atoms with Gasteiger partial charge in [-0.2, -0.15) is 13.2 Å². The van der Waals surface area contributed by atoms with Gasteiger partial charge in [0.2, 0.25) is 5.91 Å². The Bertz CT molecular complexity index is 748. The third kappa shape index (κ3) is 4.45. The van der Waals surface area contributed by atoms with E-state index in [0.717, 1.165) is 23.3 Å². The zero-order chi connectivity index (χ0) is 17.0. The molecule has 0 radical (unpaired) electrons. The summed E-state index contributed by atoms with van der Waals surface area (Å²) >= 11 is 0. The van der Waals surface area contributed by atoms with Gasteiger partial charge >= 0.3 is 6.18 Å². The van der Waals surface area contributed by atoms with Crippen molar-refractivity contribution in [1.82, 2.24) is 0 Å². The van der Waals surface area contributed by atoms with E-state index in [0.29, 0.717) is 11.3 Å². The average molecular weight is 319 g/mol. The van der Waals surface area contributed by atoms with Crippen molar-refractivity contribution in [1.29, 1.82) is 0 Å². The van der Waals surface area contributed by atoms with Crippen molar-refractivity contribution in [3.05, 3.63) is 70.8 Å². The van der Waals surface area contributed by atoms with E-state index in [-0.39, 0.29) is 0 Å². The highest BCUT2D eigenvalue weighted by molar-refractivity contribution is 6.02. The fraction of sp³-hybridized carbons (Fsp3) is 0.167. The first-order chi connectivity index (χ1) is 10.8. The number of halogens is 3. The van der Waals surface area contributed by atoms with E-state index in [1.165, 1.54) is 24.3 Å². The number of alkyl halides is 3. The molecule has 2 rings (SSSR count). The lowest BCUT2D eigenvalue weighted by Gasteiger charge is -2.08. The average Bonchev–Trinajstić information content (AvgIpc) is 2.49. The molecule has 0 fully saturated rings. The van der Waals surface area contributed by atoms with Gasteiger partial charge in [-0.3, -0.25) is 4.79 Å². The van der Waals surface area contributed by atoms with Crippen LogP contribution in [-0.2, 0) is 11.0 Å². The van der Waals surface area contributed by atoms with Crippen LogP contribution in [0.1, 0.15) is 22.3 Å². The molecule has 0 bridgehead atoms. The molecule has 0 spiro atoms. The maximum absolute atomic E-state index is 12.6. The molecule has 0 saturated heterocycles. The number of rotatable bonds is 3. The Labute approximate surface area is 132 Å². The van der Waals surface area contributed by atoms with Crippen LogP contribution in [-0.4, -0.2) is 5.91 Å². The van der Waals surface area contributed by atoms with Gasteiger partial charge in [0.15, 0.2) is 0 Å². The van der Waals surface area contributed by atoms with Crippen molar-refractivity contribution in [2.45, 2.75) is 20.0 Å². The number of nitrogens with one attached hydrogen (secondary N) is 1. The van der Waals surface area contributed by atoms with Gasteiger partial charge in [-0.15, -0.1) is 0 Å². The van der Waals surface area contributed by atoms with Crippen LogP contribution in [0.5, 0.6) is 0 Å². The van der Waals surface area contributed by atoms with Gasteiger partial charge in [0.1, 0.15) is 0 Å². The normalized spacial score (nSPS) is 11.7. The molecular formula is C18H16F3NO. The molecule has 2 aromatic rings. The number of anilines is 1. The van der Waals surface area contributed by atoms with Gasteiger partial charge < -0.3 is 5.32 Å². The number of hydrogen-bond donors (Lipinski definition) is 1. The molecule has 0 aliphatic heterocycles. The van der Waals surface area contributed by atoms with E-state index in [1.807, 2.05) is 26.0 Å². The summed E-state index contributed by atoms with van der Waals surface area (Å²) in [6.07, 6.45) is -1.82. The fourth-order valence-corrected chi connectivity index (χ4v) is 2.05. The SMILES string of the molecule is Cc1cccc(NC(=O)/C=C/c2cccc(C(F)(F)F)c2)c1C. The lowest BCUT2D eigenvalue weighted by molar-refractivity contribution is -0.137. The van der Waals surface area contributed by atoms with Crippen LogP contribution >= 0.6 is 0 Å². The van der Waals surface area contributed by atoms with Crippen molar-refractivity contribution in [2.24, 2.45) is 0 Å². The van der Waals surface area contributed by atoms with E-state index < -0.39 is 17.6 Å². The summed E-state index contributed by atoms with van der Waals surface area (Å²) in [5, 5.41) is 2.72. The van der Waals surface area contributed by atoms with Crippen molar-refractivity contribution in [2.75, 3.05) is 5.32 Å². The number of amides is 1. The second-order valence-corrected chi connectivity index (χ2v) is 5.19. The van der Waals surface area contributed by atoms with E-state index >= 15 is 0 Å². The first-order valence-electron chi connectivity index (χ1n) is 7.00. The largest absolute Gasteiger partial charge is 0.416 e. The summed E-state index contributed by atoms with van der Waals surface area (Å²) < 4.78 is 37.9. The van der Waals surface area contributed by atoms with Crippen molar-refractivity contribution in [3.63, 3.8) is 0 Å². The molecule has 23 heavy (non-hydrogen) atoms. The molecular weight excluding hydrogens is 303 g/mol.